The van der Waals surface area contributed by atoms with Crippen LogP contribution in [-0.2, 0) is 14.8 Å². The lowest BCUT2D eigenvalue weighted by molar-refractivity contribution is -0.120. The molecule has 94 valence electrons. The molecule has 0 aromatic rings. The fraction of sp³-hybridized carbons (Fsp3) is 0.889. The molecule has 1 rings (SSSR count). The van der Waals surface area contributed by atoms with Crippen molar-refractivity contribution in [2.75, 3.05) is 18.8 Å². The summed E-state index contributed by atoms with van der Waals surface area (Å²) < 4.78 is 21.2. The van der Waals surface area contributed by atoms with E-state index in [1.807, 2.05) is 0 Å². The van der Waals surface area contributed by atoms with Crippen LogP contribution in [0.2, 0.25) is 0 Å². The summed E-state index contributed by atoms with van der Waals surface area (Å²) in [6.07, 6.45) is 3.21. The number of sulfonamides is 1. The topological polar surface area (TPSA) is 101 Å². The smallest absolute Gasteiger partial charge is 0.221 e. The number of hydrogen-bond acceptors (Lipinski definition) is 4. The predicted octanol–water partition coefficient (Wildman–Crippen LogP) is -1.08. The van der Waals surface area contributed by atoms with Gasteiger partial charge in [0.2, 0.25) is 15.9 Å². The van der Waals surface area contributed by atoms with Crippen LogP contribution in [-0.4, -0.2) is 39.2 Å². The average molecular weight is 249 g/mol. The second-order valence-electron chi connectivity index (χ2n) is 4.05. The van der Waals surface area contributed by atoms with Crippen LogP contribution >= 0.6 is 0 Å². The summed E-state index contributed by atoms with van der Waals surface area (Å²) in [6.45, 7) is 1.05. The van der Waals surface area contributed by atoms with Gasteiger partial charge in [0.05, 0.1) is 5.75 Å². The zero-order valence-corrected chi connectivity index (χ0v) is 10.1. The third-order valence-corrected chi connectivity index (χ3v) is 3.15. The summed E-state index contributed by atoms with van der Waals surface area (Å²) in [4.78, 5) is 11.2. The molecule has 1 amide bonds. The van der Waals surface area contributed by atoms with Crippen LogP contribution in [0.3, 0.4) is 0 Å². The summed E-state index contributed by atoms with van der Waals surface area (Å²) >= 11 is 0. The number of nitrogens with two attached hydrogens (primary N) is 1. The maximum absolute atomic E-state index is 11.2. The molecule has 0 spiro atoms. The Morgan fingerprint density at radius 2 is 2.00 bits per heavy atom. The van der Waals surface area contributed by atoms with Gasteiger partial charge >= 0.3 is 0 Å². The second kappa shape index (κ2) is 6.17. The van der Waals surface area contributed by atoms with Crippen LogP contribution < -0.4 is 15.8 Å². The summed E-state index contributed by atoms with van der Waals surface area (Å²) in [7, 11) is -3.41. The molecule has 0 bridgehead atoms. The maximum atomic E-state index is 11.2. The Kier molecular flexibility index (Phi) is 5.17. The van der Waals surface area contributed by atoms with E-state index in [4.69, 9.17) is 5.14 Å². The molecule has 1 fully saturated rings. The molecule has 0 atom stereocenters. The van der Waals surface area contributed by atoms with Gasteiger partial charge in [0, 0.05) is 25.6 Å². The lowest BCUT2D eigenvalue weighted by Crippen LogP contribution is -2.30. The fourth-order valence-corrected chi connectivity index (χ4v) is 1.81. The van der Waals surface area contributed by atoms with Crippen molar-refractivity contribution in [3.05, 3.63) is 0 Å². The van der Waals surface area contributed by atoms with Crippen molar-refractivity contribution in [2.45, 2.75) is 31.7 Å². The molecule has 7 heteroatoms. The highest BCUT2D eigenvalue weighted by Gasteiger charge is 2.19. The van der Waals surface area contributed by atoms with E-state index in [0.29, 0.717) is 32.0 Å². The van der Waals surface area contributed by atoms with E-state index >= 15 is 0 Å². The molecule has 0 unspecified atom stereocenters. The quantitative estimate of drug-likeness (QED) is 0.476. The lowest BCUT2D eigenvalue weighted by Gasteiger charge is -2.05. The number of primary sulfonamides is 1. The molecule has 0 aromatic heterocycles. The van der Waals surface area contributed by atoms with Crippen molar-refractivity contribution in [1.29, 1.82) is 0 Å². The first-order chi connectivity index (χ1) is 7.47. The van der Waals surface area contributed by atoms with Crippen molar-refractivity contribution < 1.29 is 13.2 Å². The van der Waals surface area contributed by atoms with Gasteiger partial charge in [0.1, 0.15) is 0 Å². The Balaban J connectivity index is 1.92. The molecule has 1 aliphatic rings. The number of rotatable bonds is 8. The minimum Gasteiger partial charge on any atom is -0.356 e. The van der Waals surface area contributed by atoms with Crippen LogP contribution in [0.15, 0.2) is 0 Å². The van der Waals surface area contributed by atoms with Crippen molar-refractivity contribution >= 4 is 15.9 Å². The molecule has 1 saturated carbocycles. The molecule has 16 heavy (non-hydrogen) atoms. The molecule has 0 saturated heterocycles. The minimum absolute atomic E-state index is 0.0532. The first kappa shape index (κ1) is 13.4. The van der Waals surface area contributed by atoms with Gasteiger partial charge in [0.15, 0.2) is 0 Å². The van der Waals surface area contributed by atoms with E-state index in [9.17, 15) is 13.2 Å². The molecule has 0 aromatic carbocycles. The Labute approximate surface area is 96.0 Å². The molecular formula is C9H19N3O3S. The molecule has 0 aliphatic heterocycles. The van der Waals surface area contributed by atoms with Gasteiger partial charge in [0.25, 0.3) is 0 Å². The maximum Gasteiger partial charge on any atom is 0.221 e. The Morgan fingerprint density at radius 1 is 1.31 bits per heavy atom. The molecule has 0 heterocycles. The summed E-state index contributed by atoms with van der Waals surface area (Å²) in [5.74, 6) is -0.143. The molecule has 4 N–H and O–H groups in total. The zero-order chi connectivity index (χ0) is 12.0. The fourth-order valence-electron chi connectivity index (χ4n) is 1.27. The van der Waals surface area contributed by atoms with Crippen LogP contribution in [0.5, 0.6) is 0 Å². The normalized spacial score (nSPS) is 16.1. The van der Waals surface area contributed by atoms with Gasteiger partial charge < -0.3 is 10.6 Å². The largest absolute Gasteiger partial charge is 0.356 e. The lowest BCUT2D eigenvalue weighted by atomic mass is 10.3. The van der Waals surface area contributed by atoms with E-state index in [2.05, 4.69) is 10.6 Å². The zero-order valence-electron chi connectivity index (χ0n) is 9.24. The van der Waals surface area contributed by atoms with E-state index in [1.54, 1.807) is 0 Å². The van der Waals surface area contributed by atoms with Crippen LogP contribution in [0.1, 0.15) is 25.7 Å². The van der Waals surface area contributed by atoms with Crippen molar-refractivity contribution in [3.8, 4) is 0 Å². The predicted molar refractivity (Wildman–Crippen MR) is 61.2 cm³/mol. The Hall–Kier alpha value is -0.660. The van der Waals surface area contributed by atoms with Gasteiger partial charge in [-0.2, -0.15) is 0 Å². The molecule has 6 nitrogen and oxygen atoms in total. The number of amides is 1. The summed E-state index contributed by atoms with van der Waals surface area (Å²) in [5.41, 5.74) is 0. The monoisotopic (exact) mass is 249 g/mol. The highest BCUT2D eigenvalue weighted by molar-refractivity contribution is 7.89. The van der Waals surface area contributed by atoms with Crippen LogP contribution in [0, 0.1) is 0 Å². The van der Waals surface area contributed by atoms with Crippen molar-refractivity contribution in [1.82, 2.24) is 10.6 Å². The molecule has 1 aliphatic carbocycles. The number of hydrogen-bond donors (Lipinski definition) is 3. The van der Waals surface area contributed by atoms with Crippen LogP contribution in [0.25, 0.3) is 0 Å². The van der Waals surface area contributed by atoms with Gasteiger partial charge in [-0.05, 0) is 19.3 Å². The highest BCUT2D eigenvalue weighted by atomic mass is 32.2. The molecule has 0 radical (unpaired) electrons. The van der Waals surface area contributed by atoms with E-state index in [0.717, 1.165) is 0 Å². The van der Waals surface area contributed by atoms with E-state index in [1.165, 1.54) is 12.8 Å². The Bertz CT molecular complexity index is 325. The molecular weight excluding hydrogens is 230 g/mol. The number of carbonyl (C=O) groups is 1. The Morgan fingerprint density at radius 3 is 2.56 bits per heavy atom. The second-order valence-corrected chi connectivity index (χ2v) is 5.78. The van der Waals surface area contributed by atoms with Crippen molar-refractivity contribution in [3.63, 3.8) is 0 Å². The third kappa shape index (κ3) is 7.61. The van der Waals surface area contributed by atoms with E-state index < -0.39 is 10.0 Å². The summed E-state index contributed by atoms with van der Waals surface area (Å²) in [5, 5.41) is 10.7. The van der Waals surface area contributed by atoms with Gasteiger partial charge in [-0.1, -0.05) is 0 Å². The SMILES string of the molecule is NS(=O)(=O)CCCNC(=O)CCNC1CC1. The number of nitrogens with one attached hydrogen (secondary N) is 2. The number of carbonyl (C=O) groups excluding carboxylic acids is 1. The highest BCUT2D eigenvalue weighted by Crippen LogP contribution is 2.18. The van der Waals surface area contributed by atoms with Crippen molar-refractivity contribution in [2.24, 2.45) is 5.14 Å². The summed E-state index contributed by atoms with van der Waals surface area (Å²) in [6, 6.07) is 0.607. The first-order valence-corrected chi connectivity index (χ1v) is 7.19. The minimum atomic E-state index is -3.41. The standard InChI is InChI=1S/C9H19N3O3S/c10-16(14,15)7-1-5-12-9(13)4-6-11-8-2-3-8/h8,11H,1-7H2,(H,12,13)(H2,10,14,15). The first-order valence-electron chi connectivity index (χ1n) is 5.48. The third-order valence-electron chi connectivity index (χ3n) is 2.29. The van der Waals surface area contributed by atoms with Gasteiger partial charge in [-0.3, -0.25) is 4.79 Å². The van der Waals surface area contributed by atoms with E-state index in [-0.39, 0.29) is 11.7 Å². The average Bonchev–Trinajstić information content (AvgIpc) is 2.95. The van der Waals surface area contributed by atoms with Gasteiger partial charge in [-0.15, -0.1) is 0 Å². The van der Waals surface area contributed by atoms with Gasteiger partial charge in [-0.25, -0.2) is 13.6 Å². The van der Waals surface area contributed by atoms with Crippen LogP contribution in [0.4, 0.5) is 0 Å².